The lowest BCUT2D eigenvalue weighted by atomic mass is 10.2. The van der Waals surface area contributed by atoms with Crippen molar-refractivity contribution in [2.45, 2.75) is 19.9 Å². The molecule has 2 aliphatic rings. The number of benzene rings is 1. The molecule has 7 heteroatoms. The fourth-order valence-corrected chi connectivity index (χ4v) is 3.74. The zero-order valence-electron chi connectivity index (χ0n) is 15.1. The summed E-state index contributed by atoms with van der Waals surface area (Å²) in [6, 6.07) is 9.34. The predicted molar refractivity (Wildman–Crippen MR) is 101 cm³/mol. The molecule has 0 bridgehead atoms. The molecule has 1 aliphatic carbocycles. The Morgan fingerprint density at radius 1 is 1.22 bits per heavy atom. The van der Waals surface area contributed by atoms with Crippen LogP contribution in [0.3, 0.4) is 0 Å². The van der Waals surface area contributed by atoms with Gasteiger partial charge in [-0.15, -0.1) is 11.3 Å². The Morgan fingerprint density at radius 3 is 2.70 bits per heavy atom. The molecule has 2 unspecified atom stereocenters. The van der Waals surface area contributed by atoms with Crippen molar-refractivity contribution in [2.75, 3.05) is 24.7 Å². The van der Waals surface area contributed by atoms with Crippen molar-refractivity contribution in [3.63, 3.8) is 0 Å². The number of fused-ring (bicyclic) bond motifs is 1. The molecule has 142 valence electrons. The van der Waals surface area contributed by atoms with E-state index in [-0.39, 0.29) is 24.4 Å². The monoisotopic (exact) mass is 387 g/mol. The smallest absolute Gasteiger partial charge is 0.309 e. The number of anilines is 1. The molecular formula is C20H21NO5S. The molecule has 0 saturated heterocycles. The van der Waals surface area contributed by atoms with Gasteiger partial charge in [0.05, 0.1) is 12.5 Å². The van der Waals surface area contributed by atoms with E-state index >= 15 is 0 Å². The number of carbonyl (C=O) groups is 2. The number of rotatable bonds is 6. The lowest BCUT2D eigenvalue weighted by molar-refractivity contribution is -0.149. The zero-order valence-corrected chi connectivity index (χ0v) is 15.9. The lowest BCUT2D eigenvalue weighted by Gasteiger charge is -2.25. The molecule has 4 rings (SSSR count). The van der Waals surface area contributed by atoms with Crippen molar-refractivity contribution >= 4 is 28.9 Å². The van der Waals surface area contributed by atoms with Gasteiger partial charge in [-0.2, -0.15) is 0 Å². The fraction of sp³-hybridized carbons (Fsp3) is 0.400. The van der Waals surface area contributed by atoms with Gasteiger partial charge >= 0.3 is 5.97 Å². The highest BCUT2D eigenvalue weighted by Gasteiger charge is 2.40. The van der Waals surface area contributed by atoms with Crippen molar-refractivity contribution in [3.8, 4) is 11.5 Å². The summed E-state index contributed by atoms with van der Waals surface area (Å²) >= 11 is 1.57. The van der Waals surface area contributed by atoms with Gasteiger partial charge < -0.3 is 19.1 Å². The van der Waals surface area contributed by atoms with E-state index in [1.165, 1.54) is 0 Å². The Balaban J connectivity index is 1.51. The second kappa shape index (κ2) is 7.60. The highest BCUT2D eigenvalue weighted by Crippen LogP contribution is 2.38. The standard InChI is InChI=1S/C20H21NO5S/c1-13-9-16(13)20(23)26-12-19(22)21(11-15-3-2-8-27-15)14-4-5-17-18(10-14)25-7-6-24-17/h2-5,8,10,13,16H,6-7,9,11-12H2,1H3. The number of amides is 1. The molecule has 6 nitrogen and oxygen atoms in total. The Labute approximate surface area is 161 Å². The van der Waals surface area contributed by atoms with Crippen molar-refractivity contribution in [1.29, 1.82) is 0 Å². The molecule has 1 aromatic heterocycles. The summed E-state index contributed by atoms with van der Waals surface area (Å²) in [6.45, 7) is 3.15. The maximum atomic E-state index is 12.8. The molecule has 0 N–H and O–H groups in total. The van der Waals surface area contributed by atoms with Crippen LogP contribution in [0.5, 0.6) is 11.5 Å². The Bertz CT molecular complexity index is 835. The van der Waals surface area contributed by atoms with Gasteiger partial charge in [0, 0.05) is 16.6 Å². The lowest BCUT2D eigenvalue weighted by Crippen LogP contribution is -2.34. The first-order valence-corrected chi connectivity index (χ1v) is 9.89. The number of ether oxygens (including phenoxy) is 3. The van der Waals surface area contributed by atoms with Crippen LogP contribution >= 0.6 is 11.3 Å². The molecule has 1 fully saturated rings. The van der Waals surface area contributed by atoms with Crippen LogP contribution in [0.15, 0.2) is 35.7 Å². The van der Waals surface area contributed by atoms with Crippen molar-refractivity contribution in [3.05, 3.63) is 40.6 Å². The number of esters is 1. The van der Waals surface area contributed by atoms with E-state index in [2.05, 4.69) is 0 Å². The van der Waals surface area contributed by atoms with E-state index in [0.717, 1.165) is 11.3 Å². The normalized spacial score (nSPS) is 20.0. The van der Waals surface area contributed by atoms with Crippen LogP contribution in [0.2, 0.25) is 0 Å². The molecule has 1 amide bonds. The van der Waals surface area contributed by atoms with Crippen molar-refractivity contribution < 1.29 is 23.8 Å². The largest absolute Gasteiger partial charge is 0.486 e. The van der Waals surface area contributed by atoms with Crippen LogP contribution < -0.4 is 14.4 Å². The minimum Gasteiger partial charge on any atom is -0.486 e. The minimum absolute atomic E-state index is 0.0576. The van der Waals surface area contributed by atoms with Gasteiger partial charge in [0.2, 0.25) is 0 Å². The summed E-state index contributed by atoms with van der Waals surface area (Å²) in [5.41, 5.74) is 0.688. The van der Waals surface area contributed by atoms with E-state index in [1.54, 1.807) is 28.4 Å². The number of thiophene rings is 1. The Morgan fingerprint density at radius 2 is 2.00 bits per heavy atom. The molecule has 1 aliphatic heterocycles. The molecule has 1 aromatic carbocycles. The Kier molecular flexibility index (Phi) is 5.03. The van der Waals surface area contributed by atoms with E-state index in [1.807, 2.05) is 30.5 Å². The first kappa shape index (κ1) is 17.9. The molecule has 2 aromatic rings. The summed E-state index contributed by atoms with van der Waals surface area (Å²) in [5.74, 6) is 1.04. The molecule has 0 spiro atoms. The quantitative estimate of drug-likeness (QED) is 0.712. The van der Waals surface area contributed by atoms with Crippen LogP contribution in [0.25, 0.3) is 0 Å². The number of carbonyl (C=O) groups excluding carboxylic acids is 2. The summed E-state index contributed by atoms with van der Waals surface area (Å²) in [4.78, 5) is 27.5. The van der Waals surface area contributed by atoms with Crippen molar-refractivity contribution in [2.24, 2.45) is 11.8 Å². The van der Waals surface area contributed by atoms with Crippen LogP contribution in [-0.4, -0.2) is 31.7 Å². The topological polar surface area (TPSA) is 65.1 Å². The summed E-state index contributed by atoms with van der Waals surface area (Å²) < 4.78 is 16.4. The van der Waals surface area contributed by atoms with Gasteiger partial charge in [0.25, 0.3) is 5.91 Å². The summed E-state index contributed by atoms with van der Waals surface area (Å²) in [5, 5.41) is 1.97. The van der Waals surface area contributed by atoms with Gasteiger partial charge in [-0.25, -0.2) is 0 Å². The van der Waals surface area contributed by atoms with Crippen LogP contribution in [0, 0.1) is 11.8 Å². The van der Waals surface area contributed by atoms with E-state index in [0.29, 0.717) is 42.9 Å². The number of nitrogens with zero attached hydrogens (tertiary/aromatic N) is 1. The molecule has 2 atom stereocenters. The van der Waals surface area contributed by atoms with E-state index < -0.39 is 0 Å². The predicted octanol–water partition coefficient (Wildman–Crippen LogP) is 3.25. The van der Waals surface area contributed by atoms with Gasteiger partial charge in [-0.1, -0.05) is 13.0 Å². The van der Waals surface area contributed by atoms with Gasteiger partial charge in [-0.05, 0) is 35.9 Å². The third-order valence-electron chi connectivity index (χ3n) is 4.78. The summed E-state index contributed by atoms with van der Waals surface area (Å²) in [7, 11) is 0. The third kappa shape index (κ3) is 4.08. The van der Waals surface area contributed by atoms with Crippen LogP contribution in [0.4, 0.5) is 5.69 Å². The van der Waals surface area contributed by atoms with Gasteiger partial charge in [-0.3, -0.25) is 9.59 Å². The first-order valence-electron chi connectivity index (χ1n) is 9.01. The summed E-state index contributed by atoms with van der Waals surface area (Å²) in [6.07, 6.45) is 0.841. The Hall–Kier alpha value is -2.54. The minimum atomic E-state index is -0.283. The maximum Gasteiger partial charge on any atom is 0.309 e. The average Bonchev–Trinajstić information content (AvgIpc) is 3.20. The fourth-order valence-electron chi connectivity index (χ4n) is 3.05. The maximum absolute atomic E-state index is 12.8. The first-order chi connectivity index (χ1) is 13.1. The highest BCUT2D eigenvalue weighted by atomic mass is 32.1. The molecule has 2 heterocycles. The molecule has 0 radical (unpaired) electrons. The second-order valence-corrected chi connectivity index (χ2v) is 7.85. The SMILES string of the molecule is CC1CC1C(=O)OCC(=O)N(Cc1cccs1)c1ccc2c(c1)OCCO2. The van der Waals surface area contributed by atoms with E-state index in [4.69, 9.17) is 14.2 Å². The van der Waals surface area contributed by atoms with Gasteiger partial charge in [0.1, 0.15) is 13.2 Å². The van der Waals surface area contributed by atoms with Crippen LogP contribution in [-0.2, 0) is 20.9 Å². The van der Waals surface area contributed by atoms with E-state index in [9.17, 15) is 9.59 Å². The van der Waals surface area contributed by atoms with Crippen LogP contribution in [0.1, 0.15) is 18.2 Å². The number of hydrogen-bond donors (Lipinski definition) is 0. The molecule has 1 saturated carbocycles. The third-order valence-corrected chi connectivity index (χ3v) is 5.64. The molecular weight excluding hydrogens is 366 g/mol. The van der Waals surface area contributed by atoms with Crippen molar-refractivity contribution in [1.82, 2.24) is 0 Å². The second-order valence-electron chi connectivity index (χ2n) is 6.81. The average molecular weight is 387 g/mol. The molecule has 27 heavy (non-hydrogen) atoms. The highest BCUT2D eigenvalue weighted by molar-refractivity contribution is 7.09. The van der Waals surface area contributed by atoms with Gasteiger partial charge in [0.15, 0.2) is 18.1 Å². The number of hydrogen-bond acceptors (Lipinski definition) is 6. The zero-order chi connectivity index (χ0) is 18.8.